The summed E-state index contributed by atoms with van der Waals surface area (Å²) in [6.45, 7) is 0. The van der Waals surface area contributed by atoms with Crippen molar-refractivity contribution >= 4 is 11.5 Å². The molecule has 3 aromatic heterocycles. The number of aromatic nitrogens is 5. The van der Waals surface area contributed by atoms with Crippen LogP contribution in [0.15, 0.2) is 35.5 Å². The summed E-state index contributed by atoms with van der Waals surface area (Å²) in [5.74, 6) is 0.454. The van der Waals surface area contributed by atoms with Crippen LogP contribution in [-0.2, 0) is 0 Å². The van der Waals surface area contributed by atoms with E-state index in [-0.39, 0.29) is 5.78 Å². The van der Waals surface area contributed by atoms with Gasteiger partial charge in [0, 0.05) is 18.0 Å². The predicted octanol–water partition coefficient (Wildman–Crippen LogP) is 0.388. The van der Waals surface area contributed by atoms with Crippen LogP contribution in [0.3, 0.4) is 0 Å². The molecule has 0 aliphatic carbocycles. The molecule has 9 heteroatoms. The Morgan fingerprint density at radius 1 is 1.32 bits per heavy atom. The van der Waals surface area contributed by atoms with Gasteiger partial charge >= 0.3 is 11.2 Å². The number of nitrogens with zero attached hydrogens (tertiary/aromatic N) is 5. The van der Waals surface area contributed by atoms with Crippen molar-refractivity contribution in [2.45, 2.75) is 0 Å². The van der Waals surface area contributed by atoms with Crippen molar-refractivity contribution < 1.29 is 4.92 Å². The second-order valence-electron chi connectivity index (χ2n) is 3.65. The number of nitro groups is 1. The molecule has 0 unspecified atom stereocenters. The zero-order valence-electron chi connectivity index (χ0n) is 9.35. The Labute approximate surface area is 104 Å². The molecule has 0 bridgehead atoms. The van der Waals surface area contributed by atoms with Crippen LogP contribution in [0.2, 0.25) is 0 Å². The lowest BCUT2D eigenvalue weighted by molar-refractivity contribution is -0.386. The molecule has 0 aliphatic heterocycles. The molecule has 0 saturated heterocycles. The lowest BCUT2D eigenvalue weighted by Gasteiger charge is -1.92. The van der Waals surface area contributed by atoms with Crippen LogP contribution in [0.4, 0.5) is 5.69 Å². The summed E-state index contributed by atoms with van der Waals surface area (Å²) >= 11 is 0. The van der Waals surface area contributed by atoms with E-state index in [0.717, 1.165) is 10.7 Å². The molecule has 0 spiro atoms. The largest absolute Gasteiger partial charge is 0.354 e. The Morgan fingerprint density at radius 3 is 2.74 bits per heavy atom. The van der Waals surface area contributed by atoms with Gasteiger partial charge in [-0.3, -0.25) is 25.0 Å². The van der Waals surface area contributed by atoms with Crippen LogP contribution < -0.4 is 5.56 Å². The van der Waals surface area contributed by atoms with E-state index in [1.165, 1.54) is 0 Å². The van der Waals surface area contributed by atoms with Gasteiger partial charge in [-0.2, -0.15) is 9.50 Å². The van der Waals surface area contributed by atoms with Gasteiger partial charge in [-0.15, -0.1) is 0 Å². The van der Waals surface area contributed by atoms with Gasteiger partial charge in [0.15, 0.2) is 5.82 Å². The van der Waals surface area contributed by atoms with Crippen molar-refractivity contribution in [3.8, 4) is 11.4 Å². The first kappa shape index (κ1) is 11.0. The Bertz CT molecular complexity index is 822. The van der Waals surface area contributed by atoms with Crippen LogP contribution >= 0.6 is 0 Å². The molecule has 9 nitrogen and oxygen atoms in total. The molecule has 0 radical (unpaired) electrons. The molecular weight excluding hydrogens is 252 g/mol. The third-order valence-corrected chi connectivity index (χ3v) is 2.50. The summed E-state index contributed by atoms with van der Waals surface area (Å²) in [6.07, 6.45) is 4.04. The fourth-order valence-electron chi connectivity index (χ4n) is 1.61. The van der Waals surface area contributed by atoms with E-state index in [2.05, 4.69) is 20.1 Å². The number of pyridine rings is 1. The Kier molecular flexibility index (Phi) is 2.31. The summed E-state index contributed by atoms with van der Waals surface area (Å²) in [7, 11) is 0. The maximum absolute atomic E-state index is 11.8. The highest BCUT2D eigenvalue weighted by Crippen LogP contribution is 2.13. The van der Waals surface area contributed by atoms with Gasteiger partial charge in [0.05, 0.1) is 4.92 Å². The first-order valence-electron chi connectivity index (χ1n) is 5.19. The minimum atomic E-state index is -0.803. The summed E-state index contributed by atoms with van der Waals surface area (Å²) in [4.78, 5) is 33.4. The highest BCUT2D eigenvalue weighted by atomic mass is 16.6. The molecule has 3 rings (SSSR count). The SMILES string of the molecule is O=c1c([N+](=O)[O-])cnc2nc(-c3ccncc3)[nH]n12. The van der Waals surface area contributed by atoms with E-state index in [1.54, 1.807) is 24.5 Å². The van der Waals surface area contributed by atoms with E-state index < -0.39 is 16.2 Å². The van der Waals surface area contributed by atoms with Crippen molar-refractivity contribution in [2.75, 3.05) is 0 Å². The fourth-order valence-corrected chi connectivity index (χ4v) is 1.61. The third-order valence-electron chi connectivity index (χ3n) is 2.50. The topological polar surface area (TPSA) is 119 Å². The number of fused-ring (bicyclic) bond motifs is 1. The second kappa shape index (κ2) is 3.98. The highest BCUT2D eigenvalue weighted by molar-refractivity contribution is 5.55. The first-order chi connectivity index (χ1) is 9.16. The van der Waals surface area contributed by atoms with Gasteiger partial charge in [0.25, 0.3) is 5.78 Å². The molecule has 0 amide bonds. The number of H-pyrrole nitrogens is 1. The van der Waals surface area contributed by atoms with Crippen molar-refractivity contribution in [3.63, 3.8) is 0 Å². The zero-order chi connectivity index (χ0) is 13.4. The van der Waals surface area contributed by atoms with Gasteiger partial charge < -0.3 is 0 Å². The van der Waals surface area contributed by atoms with Crippen molar-refractivity contribution in [1.82, 2.24) is 24.6 Å². The number of nitrogens with one attached hydrogen (secondary N) is 1. The Morgan fingerprint density at radius 2 is 2.05 bits per heavy atom. The van der Waals surface area contributed by atoms with Gasteiger partial charge in [0.2, 0.25) is 0 Å². The monoisotopic (exact) mass is 258 g/mol. The smallest absolute Gasteiger partial charge is 0.271 e. The molecule has 94 valence electrons. The molecule has 0 aliphatic rings. The van der Waals surface area contributed by atoms with Crippen LogP contribution in [0.5, 0.6) is 0 Å². The maximum atomic E-state index is 11.8. The predicted molar refractivity (Wildman–Crippen MR) is 63.5 cm³/mol. The number of hydrogen-bond donors (Lipinski definition) is 1. The minimum Gasteiger partial charge on any atom is -0.271 e. The zero-order valence-corrected chi connectivity index (χ0v) is 9.35. The van der Waals surface area contributed by atoms with Gasteiger partial charge in [-0.1, -0.05) is 0 Å². The normalized spacial score (nSPS) is 10.7. The molecule has 3 heterocycles. The molecule has 0 atom stereocenters. The standard InChI is InChI=1S/C10H6N6O3/c17-9-7(16(18)19)5-12-10-13-8(14-15(9)10)6-1-3-11-4-2-6/h1-5H,(H,12,13,14). The average molecular weight is 258 g/mol. The highest BCUT2D eigenvalue weighted by Gasteiger charge is 2.17. The van der Waals surface area contributed by atoms with Crippen molar-refractivity contribution in [2.24, 2.45) is 0 Å². The van der Waals surface area contributed by atoms with Gasteiger partial charge in [-0.25, -0.2) is 4.98 Å². The summed E-state index contributed by atoms with van der Waals surface area (Å²) in [5, 5.41) is 13.3. The summed E-state index contributed by atoms with van der Waals surface area (Å²) in [6, 6.07) is 3.38. The molecule has 1 N–H and O–H groups in total. The number of hydrogen-bond acceptors (Lipinski definition) is 6. The van der Waals surface area contributed by atoms with Gasteiger partial charge in [0.1, 0.15) is 6.20 Å². The summed E-state index contributed by atoms with van der Waals surface area (Å²) < 4.78 is 0.938. The molecule has 19 heavy (non-hydrogen) atoms. The molecule has 0 saturated carbocycles. The van der Waals surface area contributed by atoms with E-state index in [1.807, 2.05) is 0 Å². The molecule has 0 fully saturated rings. The van der Waals surface area contributed by atoms with E-state index in [0.29, 0.717) is 11.4 Å². The van der Waals surface area contributed by atoms with E-state index >= 15 is 0 Å². The number of rotatable bonds is 2. The van der Waals surface area contributed by atoms with Crippen molar-refractivity contribution in [3.05, 3.63) is 51.2 Å². The molecule has 3 aromatic rings. The average Bonchev–Trinajstić information content (AvgIpc) is 2.85. The first-order valence-corrected chi connectivity index (χ1v) is 5.19. The Balaban J connectivity index is 2.25. The lowest BCUT2D eigenvalue weighted by atomic mass is 10.3. The lowest BCUT2D eigenvalue weighted by Crippen LogP contribution is -2.18. The minimum absolute atomic E-state index is 0.0717. The van der Waals surface area contributed by atoms with E-state index in [4.69, 9.17) is 0 Å². The summed E-state index contributed by atoms with van der Waals surface area (Å²) in [5.41, 5.74) is -0.715. The van der Waals surface area contributed by atoms with Crippen LogP contribution in [0.1, 0.15) is 0 Å². The van der Waals surface area contributed by atoms with Crippen LogP contribution in [0.25, 0.3) is 17.2 Å². The Hall–Kier alpha value is -3.10. The van der Waals surface area contributed by atoms with Crippen molar-refractivity contribution in [1.29, 1.82) is 0 Å². The van der Waals surface area contributed by atoms with Crippen LogP contribution in [0, 0.1) is 10.1 Å². The fraction of sp³-hybridized carbons (Fsp3) is 0. The molecule has 0 aromatic carbocycles. The second-order valence-corrected chi connectivity index (χ2v) is 3.65. The van der Waals surface area contributed by atoms with E-state index in [9.17, 15) is 14.9 Å². The maximum Gasteiger partial charge on any atom is 0.354 e. The van der Waals surface area contributed by atoms with Gasteiger partial charge in [-0.05, 0) is 12.1 Å². The molecular formula is C10H6N6O3. The number of aromatic amines is 1. The quantitative estimate of drug-likeness (QED) is 0.524. The third kappa shape index (κ3) is 1.73. The van der Waals surface area contributed by atoms with Crippen LogP contribution in [-0.4, -0.2) is 29.5 Å².